The van der Waals surface area contributed by atoms with Crippen molar-refractivity contribution in [3.63, 3.8) is 0 Å². The van der Waals surface area contributed by atoms with E-state index in [-0.39, 0.29) is 5.91 Å². The second-order valence-corrected chi connectivity index (χ2v) is 4.03. The highest BCUT2D eigenvalue weighted by Crippen LogP contribution is 2.23. The second-order valence-electron chi connectivity index (χ2n) is 4.03. The van der Waals surface area contributed by atoms with Gasteiger partial charge in [-0.3, -0.25) is 9.69 Å². The maximum atomic E-state index is 11.2. The lowest BCUT2D eigenvalue weighted by atomic mass is 9.86. The summed E-state index contributed by atoms with van der Waals surface area (Å²) in [6.45, 7) is 3.64. The van der Waals surface area contributed by atoms with E-state index in [1.807, 2.05) is 0 Å². The first kappa shape index (κ1) is 11.5. The van der Waals surface area contributed by atoms with Gasteiger partial charge >= 0.3 is 0 Å². The molecule has 0 spiro atoms. The highest BCUT2D eigenvalue weighted by atomic mass is 16.1. The lowest BCUT2D eigenvalue weighted by Gasteiger charge is -2.41. The third-order valence-electron chi connectivity index (χ3n) is 2.80. The Morgan fingerprint density at radius 1 is 1.57 bits per heavy atom. The second kappa shape index (κ2) is 5.32. The molecule has 0 atom stereocenters. The first-order valence-electron chi connectivity index (χ1n) is 5.37. The highest BCUT2D eigenvalue weighted by Gasteiger charge is 2.31. The van der Waals surface area contributed by atoms with Gasteiger partial charge in [0.05, 0.1) is 6.54 Å². The molecule has 4 heteroatoms. The van der Waals surface area contributed by atoms with Gasteiger partial charge in [-0.15, -0.1) is 0 Å². The molecule has 0 radical (unpaired) electrons. The number of rotatable bonds is 5. The van der Waals surface area contributed by atoms with Gasteiger partial charge < -0.3 is 11.1 Å². The van der Waals surface area contributed by atoms with Crippen LogP contribution in [-0.2, 0) is 4.79 Å². The van der Waals surface area contributed by atoms with Crippen molar-refractivity contribution in [1.82, 2.24) is 10.2 Å². The predicted octanol–water partition coefficient (Wildman–Crippen LogP) is -0.0659. The molecular weight excluding hydrogens is 178 g/mol. The van der Waals surface area contributed by atoms with Crippen molar-refractivity contribution in [3.8, 4) is 0 Å². The number of amides is 1. The molecule has 1 amide bonds. The molecule has 0 heterocycles. The minimum absolute atomic E-state index is 0.0962. The number of carbonyl (C=O) groups excluding carboxylic acids is 1. The van der Waals surface area contributed by atoms with Crippen molar-refractivity contribution in [2.24, 2.45) is 5.73 Å². The van der Waals surface area contributed by atoms with Crippen LogP contribution in [0.3, 0.4) is 0 Å². The van der Waals surface area contributed by atoms with E-state index in [9.17, 15) is 4.79 Å². The molecule has 0 bridgehead atoms. The van der Waals surface area contributed by atoms with Gasteiger partial charge in [0.1, 0.15) is 0 Å². The molecule has 1 saturated carbocycles. The van der Waals surface area contributed by atoms with Crippen LogP contribution in [0.5, 0.6) is 0 Å². The molecule has 0 aromatic rings. The zero-order chi connectivity index (χ0) is 10.6. The predicted molar refractivity (Wildman–Crippen MR) is 56.9 cm³/mol. The standard InChI is InChI=1S/C10H21N3O/c1-3-4-13(7-10(14)12-2)9-5-8(11)6-9/h8-9H,3-7,11H2,1-2H3,(H,12,14). The van der Waals surface area contributed by atoms with E-state index >= 15 is 0 Å². The Balaban J connectivity index is 2.35. The van der Waals surface area contributed by atoms with Gasteiger partial charge in [0.2, 0.25) is 5.91 Å². The van der Waals surface area contributed by atoms with E-state index < -0.39 is 0 Å². The number of likely N-dealkylation sites (N-methyl/N-ethyl adjacent to an activating group) is 1. The van der Waals surface area contributed by atoms with Crippen LogP contribution >= 0.6 is 0 Å². The summed E-state index contributed by atoms with van der Waals surface area (Å²) in [5.41, 5.74) is 5.74. The van der Waals surface area contributed by atoms with Crippen molar-refractivity contribution in [3.05, 3.63) is 0 Å². The summed E-state index contributed by atoms with van der Waals surface area (Å²) in [7, 11) is 1.68. The molecule has 0 aromatic heterocycles. The summed E-state index contributed by atoms with van der Waals surface area (Å²) in [5.74, 6) is 0.0962. The van der Waals surface area contributed by atoms with E-state index in [1.54, 1.807) is 7.05 Å². The number of carbonyl (C=O) groups is 1. The molecule has 0 saturated heterocycles. The van der Waals surface area contributed by atoms with Crippen molar-refractivity contribution in [2.75, 3.05) is 20.1 Å². The normalized spacial score (nSPS) is 26.0. The minimum atomic E-state index is 0.0962. The monoisotopic (exact) mass is 199 g/mol. The number of nitrogens with two attached hydrogens (primary N) is 1. The van der Waals surface area contributed by atoms with E-state index in [1.165, 1.54) is 0 Å². The van der Waals surface area contributed by atoms with Gasteiger partial charge in [-0.1, -0.05) is 6.92 Å². The molecule has 3 N–H and O–H groups in total. The van der Waals surface area contributed by atoms with Crippen molar-refractivity contribution in [2.45, 2.75) is 38.3 Å². The van der Waals surface area contributed by atoms with E-state index in [0.29, 0.717) is 18.6 Å². The maximum Gasteiger partial charge on any atom is 0.233 e. The average Bonchev–Trinajstić information content (AvgIpc) is 2.12. The van der Waals surface area contributed by atoms with Gasteiger partial charge in [-0.2, -0.15) is 0 Å². The molecular formula is C10H21N3O. The Hall–Kier alpha value is -0.610. The van der Waals surface area contributed by atoms with Gasteiger partial charge in [-0.05, 0) is 25.8 Å². The van der Waals surface area contributed by atoms with Crippen LogP contribution in [0, 0.1) is 0 Å². The van der Waals surface area contributed by atoms with Crippen molar-refractivity contribution in [1.29, 1.82) is 0 Å². The SMILES string of the molecule is CCCN(CC(=O)NC)C1CC(N)C1. The molecule has 1 rings (SSSR count). The average molecular weight is 199 g/mol. The first-order valence-corrected chi connectivity index (χ1v) is 5.37. The zero-order valence-electron chi connectivity index (χ0n) is 9.12. The third-order valence-corrected chi connectivity index (χ3v) is 2.80. The van der Waals surface area contributed by atoms with Gasteiger partial charge in [0, 0.05) is 19.1 Å². The Labute approximate surface area is 85.8 Å². The van der Waals surface area contributed by atoms with Gasteiger partial charge in [0.25, 0.3) is 0 Å². The fourth-order valence-corrected chi connectivity index (χ4v) is 1.87. The van der Waals surface area contributed by atoms with Crippen molar-refractivity contribution < 1.29 is 4.79 Å². The highest BCUT2D eigenvalue weighted by molar-refractivity contribution is 5.77. The molecule has 1 aliphatic rings. The molecule has 1 fully saturated rings. The zero-order valence-corrected chi connectivity index (χ0v) is 9.12. The van der Waals surface area contributed by atoms with Crippen molar-refractivity contribution >= 4 is 5.91 Å². The largest absolute Gasteiger partial charge is 0.358 e. The summed E-state index contributed by atoms with van der Waals surface area (Å²) in [6.07, 6.45) is 3.16. The fraction of sp³-hybridized carbons (Fsp3) is 0.900. The van der Waals surface area contributed by atoms with Crippen LogP contribution in [-0.4, -0.2) is 43.0 Å². The van der Waals surface area contributed by atoms with Gasteiger partial charge in [0.15, 0.2) is 0 Å². The number of nitrogens with zero attached hydrogens (tertiary/aromatic N) is 1. The van der Waals surface area contributed by atoms with Crippen LogP contribution in [0.1, 0.15) is 26.2 Å². The number of hydrogen-bond donors (Lipinski definition) is 2. The quantitative estimate of drug-likeness (QED) is 0.652. The summed E-state index contributed by atoms with van der Waals surface area (Å²) in [4.78, 5) is 13.5. The Kier molecular flexibility index (Phi) is 4.35. The lowest BCUT2D eigenvalue weighted by Crippen LogP contribution is -2.53. The molecule has 0 aliphatic heterocycles. The van der Waals surface area contributed by atoms with Crippen LogP contribution in [0.15, 0.2) is 0 Å². The van der Waals surface area contributed by atoms with E-state index in [4.69, 9.17) is 5.73 Å². The lowest BCUT2D eigenvalue weighted by molar-refractivity contribution is -0.122. The molecule has 1 aliphatic carbocycles. The van der Waals surface area contributed by atoms with Crippen LogP contribution in [0.2, 0.25) is 0 Å². The summed E-state index contributed by atoms with van der Waals surface area (Å²) < 4.78 is 0. The fourth-order valence-electron chi connectivity index (χ4n) is 1.87. The van der Waals surface area contributed by atoms with Crippen LogP contribution in [0.25, 0.3) is 0 Å². The number of nitrogens with one attached hydrogen (secondary N) is 1. The summed E-state index contributed by atoms with van der Waals surface area (Å²) in [6, 6.07) is 0.881. The van der Waals surface area contributed by atoms with Gasteiger partial charge in [-0.25, -0.2) is 0 Å². The molecule has 82 valence electrons. The third kappa shape index (κ3) is 2.96. The first-order chi connectivity index (χ1) is 6.67. The van der Waals surface area contributed by atoms with E-state index in [0.717, 1.165) is 25.8 Å². The molecule has 0 aromatic carbocycles. The smallest absolute Gasteiger partial charge is 0.233 e. The maximum absolute atomic E-state index is 11.2. The Morgan fingerprint density at radius 3 is 2.64 bits per heavy atom. The van der Waals surface area contributed by atoms with Crippen LogP contribution in [0.4, 0.5) is 0 Å². The minimum Gasteiger partial charge on any atom is -0.358 e. The summed E-state index contributed by atoms with van der Waals surface area (Å²) in [5, 5.41) is 2.66. The number of hydrogen-bond acceptors (Lipinski definition) is 3. The van der Waals surface area contributed by atoms with E-state index in [2.05, 4.69) is 17.1 Å². The summed E-state index contributed by atoms with van der Waals surface area (Å²) >= 11 is 0. The molecule has 4 nitrogen and oxygen atoms in total. The van der Waals surface area contributed by atoms with Crippen LogP contribution < -0.4 is 11.1 Å². The Morgan fingerprint density at radius 2 is 2.21 bits per heavy atom. The molecule has 14 heavy (non-hydrogen) atoms. The molecule has 0 unspecified atom stereocenters. The Bertz CT molecular complexity index is 190. The topological polar surface area (TPSA) is 58.4 Å².